The van der Waals surface area contributed by atoms with Gasteiger partial charge in [-0.15, -0.1) is 0 Å². The number of benzene rings is 1. The molecule has 3 aromatic rings. The van der Waals surface area contributed by atoms with Gasteiger partial charge in [-0.3, -0.25) is 4.68 Å². The number of hydrogen-bond acceptors (Lipinski definition) is 6. The first-order chi connectivity index (χ1) is 11.4. The van der Waals surface area contributed by atoms with Crippen LogP contribution in [-0.2, 0) is 13.0 Å². The first kappa shape index (κ1) is 13.7. The van der Waals surface area contributed by atoms with Gasteiger partial charge in [0.1, 0.15) is 38.0 Å². The second-order valence-electron chi connectivity index (χ2n) is 5.18. The third-order valence-electron chi connectivity index (χ3n) is 3.64. The number of ether oxygens (including phenoxy) is 2. The highest BCUT2D eigenvalue weighted by molar-refractivity contribution is 5.49. The molecule has 0 spiro atoms. The van der Waals surface area contributed by atoms with Gasteiger partial charge in [0.2, 0.25) is 0 Å². The molecule has 0 saturated heterocycles. The first-order valence-electron chi connectivity index (χ1n) is 7.51. The van der Waals surface area contributed by atoms with E-state index in [1.54, 1.807) is 12.7 Å². The Labute approximate surface area is 132 Å². The van der Waals surface area contributed by atoms with Gasteiger partial charge in [-0.2, -0.15) is 10.2 Å². The van der Waals surface area contributed by atoms with E-state index in [0.29, 0.717) is 13.2 Å². The number of nitrogens with zero attached hydrogens (tertiary/aromatic N) is 6. The van der Waals surface area contributed by atoms with Crippen LogP contribution in [0.25, 0.3) is 5.69 Å². The number of aromatic nitrogens is 6. The molecule has 0 bridgehead atoms. The molecule has 0 fully saturated rings. The van der Waals surface area contributed by atoms with E-state index in [2.05, 4.69) is 20.2 Å². The van der Waals surface area contributed by atoms with Crippen LogP contribution in [0.1, 0.15) is 12.2 Å². The SMILES string of the molecule is c1ncn(CCCc2ncnn2-c2ccc3c(c2)OCCO3)n1. The molecule has 1 aliphatic heterocycles. The predicted molar refractivity (Wildman–Crippen MR) is 80.7 cm³/mol. The highest BCUT2D eigenvalue weighted by Crippen LogP contribution is 2.32. The van der Waals surface area contributed by atoms with Crippen molar-refractivity contribution in [1.82, 2.24) is 29.5 Å². The topological polar surface area (TPSA) is 79.9 Å². The summed E-state index contributed by atoms with van der Waals surface area (Å²) in [5.74, 6) is 2.42. The van der Waals surface area contributed by atoms with Crippen molar-refractivity contribution in [3.05, 3.63) is 43.0 Å². The van der Waals surface area contributed by atoms with Crippen molar-refractivity contribution in [1.29, 1.82) is 0 Å². The Morgan fingerprint density at radius 3 is 2.83 bits per heavy atom. The van der Waals surface area contributed by atoms with E-state index in [4.69, 9.17) is 9.47 Å². The minimum Gasteiger partial charge on any atom is -0.486 e. The quantitative estimate of drug-likeness (QED) is 0.705. The number of fused-ring (bicyclic) bond motifs is 1. The van der Waals surface area contributed by atoms with E-state index in [1.165, 1.54) is 6.33 Å². The monoisotopic (exact) mass is 312 g/mol. The Kier molecular flexibility index (Phi) is 3.63. The minimum atomic E-state index is 0.568. The lowest BCUT2D eigenvalue weighted by Gasteiger charge is -2.19. The van der Waals surface area contributed by atoms with Crippen molar-refractivity contribution >= 4 is 0 Å². The lowest BCUT2D eigenvalue weighted by molar-refractivity contribution is 0.171. The second-order valence-corrected chi connectivity index (χ2v) is 5.18. The summed E-state index contributed by atoms with van der Waals surface area (Å²) < 4.78 is 14.8. The summed E-state index contributed by atoms with van der Waals surface area (Å²) in [7, 11) is 0. The maximum absolute atomic E-state index is 5.63. The van der Waals surface area contributed by atoms with E-state index in [0.717, 1.165) is 42.4 Å². The minimum absolute atomic E-state index is 0.568. The van der Waals surface area contributed by atoms with Gasteiger partial charge in [0.05, 0.1) is 5.69 Å². The molecular formula is C15H16N6O2. The van der Waals surface area contributed by atoms with Crippen LogP contribution in [0.2, 0.25) is 0 Å². The largest absolute Gasteiger partial charge is 0.486 e. The maximum Gasteiger partial charge on any atom is 0.163 e. The van der Waals surface area contributed by atoms with Crippen molar-refractivity contribution in [2.24, 2.45) is 0 Å². The molecule has 0 aliphatic carbocycles. The molecule has 8 nitrogen and oxygen atoms in total. The fraction of sp³-hybridized carbons (Fsp3) is 0.333. The lowest BCUT2D eigenvalue weighted by atomic mass is 10.2. The molecule has 0 saturated carbocycles. The van der Waals surface area contributed by atoms with Crippen LogP contribution in [0, 0.1) is 0 Å². The fourth-order valence-corrected chi connectivity index (χ4v) is 2.56. The number of rotatable bonds is 5. The van der Waals surface area contributed by atoms with Gasteiger partial charge in [0.15, 0.2) is 11.5 Å². The van der Waals surface area contributed by atoms with Crippen LogP contribution in [0.15, 0.2) is 37.2 Å². The van der Waals surface area contributed by atoms with Crippen LogP contribution >= 0.6 is 0 Å². The van der Waals surface area contributed by atoms with Gasteiger partial charge >= 0.3 is 0 Å². The molecule has 8 heteroatoms. The number of hydrogen-bond donors (Lipinski definition) is 0. The fourth-order valence-electron chi connectivity index (χ4n) is 2.56. The predicted octanol–water partition coefficient (Wildman–Crippen LogP) is 1.26. The molecule has 0 N–H and O–H groups in total. The van der Waals surface area contributed by atoms with Gasteiger partial charge in [-0.05, 0) is 18.6 Å². The van der Waals surface area contributed by atoms with E-state index in [-0.39, 0.29) is 0 Å². The summed E-state index contributed by atoms with van der Waals surface area (Å²) in [5, 5.41) is 8.42. The van der Waals surface area contributed by atoms with E-state index < -0.39 is 0 Å². The van der Waals surface area contributed by atoms with Crippen molar-refractivity contribution in [2.75, 3.05) is 13.2 Å². The molecular weight excluding hydrogens is 296 g/mol. The standard InChI is InChI=1S/C15H16N6O2/c1(5-20-11-16-9-18-20)2-15-17-10-19-21(15)12-3-4-13-14(8-12)23-7-6-22-13/h3-4,8-11H,1-2,5-7H2. The Morgan fingerprint density at radius 2 is 1.96 bits per heavy atom. The average molecular weight is 312 g/mol. The zero-order valence-electron chi connectivity index (χ0n) is 12.5. The highest BCUT2D eigenvalue weighted by Gasteiger charge is 2.14. The average Bonchev–Trinajstić information content (AvgIpc) is 3.26. The summed E-state index contributed by atoms with van der Waals surface area (Å²) >= 11 is 0. The third kappa shape index (κ3) is 2.87. The first-order valence-corrected chi connectivity index (χ1v) is 7.51. The normalized spacial score (nSPS) is 13.2. The van der Waals surface area contributed by atoms with Crippen LogP contribution in [0.4, 0.5) is 0 Å². The van der Waals surface area contributed by atoms with Crippen LogP contribution in [-0.4, -0.2) is 42.7 Å². The van der Waals surface area contributed by atoms with Crippen molar-refractivity contribution in [2.45, 2.75) is 19.4 Å². The summed E-state index contributed by atoms with van der Waals surface area (Å²) in [6, 6.07) is 5.80. The molecule has 4 rings (SSSR count). The van der Waals surface area contributed by atoms with Gasteiger partial charge in [-0.1, -0.05) is 0 Å². The second kappa shape index (κ2) is 6.07. The Hall–Kier alpha value is -2.90. The smallest absolute Gasteiger partial charge is 0.163 e. The molecule has 0 amide bonds. The van der Waals surface area contributed by atoms with Crippen molar-refractivity contribution < 1.29 is 9.47 Å². The third-order valence-corrected chi connectivity index (χ3v) is 3.64. The Morgan fingerprint density at radius 1 is 1.04 bits per heavy atom. The Balaban J connectivity index is 1.50. The zero-order valence-corrected chi connectivity index (χ0v) is 12.5. The van der Waals surface area contributed by atoms with Gasteiger partial charge in [0, 0.05) is 19.0 Å². The van der Waals surface area contributed by atoms with E-state index in [9.17, 15) is 0 Å². The molecule has 1 aromatic carbocycles. The summed E-state index contributed by atoms with van der Waals surface area (Å²) in [4.78, 5) is 8.29. The maximum atomic E-state index is 5.63. The van der Waals surface area contributed by atoms with Crippen LogP contribution in [0.3, 0.4) is 0 Å². The molecule has 0 atom stereocenters. The number of aryl methyl sites for hydroxylation is 2. The van der Waals surface area contributed by atoms with Gasteiger partial charge < -0.3 is 9.47 Å². The van der Waals surface area contributed by atoms with Crippen molar-refractivity contribution in [3.63, 3.8) is 0 Å². The molecule has 1 aliphatic rings. The zero-order chi connectivity index (χ0) is 15.5. The summed E-state index contributed by atoms with van der Waals surface area (Å²) in [6.45, 7) is 1.95. The van der Waals surface area contributed by atoms with E-state index in [1.807, 2.05) is 27.6 Å². The highest BCUT2D eigenvalue weighted by atomic mass is 16.6. The van der Waals surface area contributed by atoms with Crippen LogP contribution in [0.5, 0.6) is 11.5 Å². The van der Waals surface area contributed by atoms with Crippen LogP contribution < -0.4 is 9.47 Å². The van der Waals surface area contributed by atoms with Gasteiger partial charge in [0.25, 0.3) is 0 Å². The Bertz CT molecular complexity index is 783. The van der Waals surface area contributed by atoms with E-state index >= 15 is 0 Å². The molecule has 3 heterocycles. The molecule has 2 aromatic heterocycles. The molecule has 23 heavy (non-hydrogen) atoms. The van der Waals surface area contributed by atoms with Crippen molar-refractivity contribution in [3.8, 4) is 17.2 Å². The molecule has 0 unspecified atom stereocenters. The molecule has 118 valence electrons. The lowest BCUT2D eigenvalue weighted by Crippen LogP contribution is -2.15. The summed E-state index contributed by atoms with van der Waals surface area (Å²) in [6.07, 6.45) is 6.53. The molecule has 0 radical (unpaired) electrons. The summed E-state index contributed by atoms with van der Waals surface area (Å²) in [5.41, 5.74) is 0.919. The van der Waals surface area contributed by atoms with Gasteiger partial charge in [-0.25, -0.2) is 14.6 Å².